The van der Waals surface area contributed by atoms with Gasteiger partial charge >= 0.3 is 6.03 Å². The van der Waals surface area contributed by atoms with E-state index in [1.165, 1.54) is 0 Å². The number of amides is 4. The quantitative estimate of drug-likeness (QED) is 0.794. The summed E-state index contributed by atoms with van der Waals surface area (Å²) in [6.45, 7) is 2.55. The lowest BCUT2D eigenvalue weighted by Crippen LogP contribution is -2.46. The molecule has 1 aromatic carbocycles. The predicted molar refractivity (Wildman–Crippen MR) is 92.1 cm³/mol. The Kier molecular flexibility index (Phi) is 3.97. The van der Waals surface area contributed by atoms with Crippen LogP contribution in [0.5, 0.6) is 11.5 Å². The number of nitrogens with zero attached hydrogens (tertiary/aromatic N) is 1. The Hall–Kier alpha value is -2.77. The lowest BCUT2D eigenvalue weighted by molar-refractivity contribution is -0.134. The van der Waals surface area contributed by atoms with Crippen molar-refractivity contribution in [1.29, 1.82) is 0 Å². The first-order valence-corrected chi connectivity index (χ1v) is 8.81. The van der Waals surface area contributed by atoms with Crippen molar-refractivity contribution in [2.75, 3.05) is 25.1 Å². The summed E-state index contributed by atoms with van der Waals surface area (Å²) in [5.74, 6) is 0.585. The van der Waals surface area contributed by atoms with Gasteiger partial charge in [-0.2, -0.15) is 0 Å². The fourth-order valence-corrected chi connectivity index (χ4v) is 3.38. The number of hydrogen-bond donors (Lipinski definition) is 2. The highest BCUT2D eigenvalue weighted by molar-refractivity contribution is 6.10. The molecule has 1 saturated carbocycles. The van der Waals surface area contributed by atoms with Crippen LogP contribution >= 0.6 is 0 Å². The van der Waals surface area contributed by atoms with Crippen LogP contribution in [0.4, 0.5) is 10.5 Å². The number of benzene rings is 1. The largest absolute Gasteiger partial charge is 0.490 e. The monoisotopic (exact) mass is 359 g/mol. The molecule has 8 nitrogen and oxygen atoms in total. The Morgan fingerprint density at radius 2 is 2.00 bits per heavy atom. The number of rotatable bonds is 4. The molecule has 1 atom stereocenters. The van der Waals surface area contributed by atoms with Gasteiger partial charge in [-0.25, -0.2) is 4.79 Å². The molecule has 1 aliphatic carbocycles. The van der Waals surface area contributed by atoms with Gasteiger partial charge < -0.3 is 20.1 Å². The third kappa shape index (κ3) is 2.95. The van der Waals surface area contributed by atoms with Gasteiger partial charge in [0.05, 0.1) is 13.2 Å². The summed E-state index contributed by atoms with van der Waals surface area (Å²) in [5.41, 5.74) is -0.358. The molecule has 8 heteroatoms. The summed E-state index contributed by atoms with van der Waals surface area (Å²) in [4.78, 5) is 38.0. The number of carbonyl (C=O) groups is 3. The number of ether oxygens (including phenoxy) is 2. The topological polar surface area (TPSA) is 97.0 Å². The second-order valence-electron chi connectivity index (χ2n) is 7.06. The number of urea groups is 1. The molecule has 0 radical (unpaired) electrons. The Morgan fingerprint density at radius 3 is 2.73 bits per heavy atom. The summed E-state index contributed by atoms with van der Waals surface area (Å²) in [7, 11) is 0. The standard InChI is InChI=1S/C18H21N3O5/c1-18(11-3-4-11)16(23)21(17(24)20-18)10-15(22)19-12-5-6-13-14(9-12)26-8-2-7-25-13/h5-6,9,11H,2-4,7-8,10H2,1H3,(H,19,22)(H,20,24)/t18-/m1/s1. The third-order valence-electron chi connectivity index (χ3n) is 5.03. The van der Waals surface area contributed by atoms with E-state index in [1.807, 2.05) is 0 Å². The van der Waals surface area contributed by atoms with Crippen molar-refractivity contribution < 1.29 is 23.9 Å². The first-order valence-electron chi connectivity index (χ1n) is 8.81. The predicted octanol–water partition coefficient (Wildman–Crippen LogP) is 1.51. The van der Waals surface area contributed by atoms with Crippen LogP contribution in [0, 0.1) is 5.92 Å². The summed E-state index contributed by atoms with van der Waals surface area (Å²) in [5, 5.41) is 5.43. The number of nitrogens with one attached hydrogen (secondary N) is 2. The van der Waals surface area contributed by atoms with Gasteiger partial charge in [-0.1, -0.05) is 0 Å². The van der Waals surface area contributed by atoms with Crippen molar-refractivity contribution in [1.82, 2.24) is 10.2 Å². The van der Waals surface area contributed by atoms with Crippen molar-refractivity contribution in [3.8, 4) is 11.5 Å². The number of hydrogen-bond acceptors (Lipinski definition) is 5. The van der Waals surface area contributed by atoms with Crippen LogP contribution in [-0.2, 0) is 9.59 Å². The molecule has 0 aromatic heterocycles. The number of fused-ring (bicyclic) bond motifs is 1. The second-order valence-corrected chi connectivity index (χ2v) is 7.06. The molecular weight excluding hydrogens is 338 g/mol. The fourth-order valence-electron chi connectivity index (χ4n) is 3.38. The van der Waals surface area contributed by atoms with Crippen molar-refractivity contribution in [3.63, 3.8) is 0 Å². The highest BCUT2D eigenvalue weighted by Crippen LogP contribution is 2.42. The molecule has 2 N–H and O–H groups in total. The van der Waals surface area contributed by atoms with Gasteiger partial charge in [0.2, 0.25) is 5.91 Å². The van der Waals surface area contributed by atoms with Crippen LogP contribution in [0.1, 0.15) is 26.2 Å². The molecule has 1 aromatic rings. The maximum absolute atomic E-state index is 12.6. The number of imide groups is 1. The highest BCUT2D eigenvalue weighted by atomic mass is 16.5. The van der Waals surface area contributed by atoms with E-state index in [2.05, 4.69) is 10.6 Å². The van der Waals surface area contributed by atoms with Crippen molar-refractivity contribution in [3.05, 3.63) is 18.2 Å². The molecule has 2 aliphatic heterocycles. The first kappa shape index (κ1) is 16.7. The van der Waals surface area contributed by atoms with Gasteiger partial charge in [0.15, 0.2) is 11.5 Å². The van der Waals surface area contributed by atoms with Gasteiger partial charge in [-0.15, -0.1) is 0 Å². The molecular formula is C18H21N3O5. The molecule has 2 fully saturated rings. The van der Waals surface area contributed by atoms with Crippen molar-refractivity contribution in [2.24, 2.45) is 5.92 Å². The van der Waals surface area contributed by atoms with Crippen LogP contribution in [0.3, 0.4) is 0 Å². The molecule has 1 saturated heterocycles. The molecule has 138 valence electrons. The zero-order valence-corrected chi connectivity index (χ0v) is 14.5. The van der Waals surface area contributed by atoms with Crippen LogP contribution in [-0.4, -0.2) is 48.0 Å². The minimum Gasteiger partial charge on any atom is -0.490 e. The van der Waals surface area contributed by atoms with Gasteiger partial charge in [-0.3, -0.25) is 14.5 Å². The van der Waals surface area contributed by atoms with E-state index in [-0.39, 0.29) is 18.4 Å². The maximum Gasteiger partial charge on any atom is 0.325 e. The van der Waals surface area contributed by atoms with Gasteiger partial charge in [0.1, 0.15) is 12.1 Å². The summed E-state index contributed by atoms with van der Waals surface area (Å²) in [6.07, 6.45) is 2.63. The number of carbonyl (C=O) groups excluding carboxylic acids is 3. The third-order valence-corrected chi connectivity index (χ3v) is 5.03. The van der Waals surface area contributed by atoms with E-state index < -0.39 is 17.5 Å². The van der Waals surface area contributed by atoms with E-state index in [1.54, 1.807) is 25.1 Å². The fraction of sp³-hybridized carbons (Fsp3) is 0.500. The normalized spacial score (nSPS) is 24.9. The van der Waals surface area contributed by atoms with Gasteiger partial charge in [-0.05, 0) is 37.8 Å². The van der Waals surface area contributed by atoms with Crippen molar-refractivity contribution in [2.45, 2.75) is 31.7 Å². The first-order chi connectivity index (χ1) is 12.5. The minimum absolute atomic E-state index is 0.161. The van der Waals surface area contributed by atoms with E-state index in [0.717, 1.165) is 24.2 Å². The lowest BCUT2D eigenvalue weighted by Gasteiger charge is -2.20. The molecule has 3 aliphatic rings. The molecule has 0 bridgehead atoms. The van der Waals surface area contributed by atoms with E-state index >= 15 is 0 Å². The molecule has 0 spiro atoms. The van der Waals surface area contributed by atoms with Crippen LogP contribution in [0.15, 0.2) is 18.2 Å². The molecule has 4 amide bonds. The van der Waals surface area contributed by atoms with Gasteiger partial charge in [0, 0.05) is 18.2 Å². The summed E-state index contributed by atoms with van der Waals surface area (Å²) in [6, 6.07) is 4.59. The summed E-state index contributed by atoms with van der Waals surface area (Å²) >= 11 is 0. The van der Waals surface area contributed by atoms with Gasteiger partial charge in [0.25, 0.3) is 5.91 Å². The number of anilines is 1. The Labute approximate surface area is 150 Å². The van der Waals surface area contributed by atoms with Crippen LogP contribution in [0.2, 0.25) is 0 Å². The molecule has 2 heterocycles. The van der Waals surface area contributed by atoms with E-state index in [4.69, 9.17) is 9.47 Å². The van der Waals surface area contributed by atoms with Crippen LogP contribution in [0.25, 0.3) is 0 Å². The second kappa shape index (κ2) is 6.19. The Morgan fingerprint density at radius 1 is 1.27 bits per heavy atom. The zero-order valence-electron chi connectivity index (χ0n) is 14.5. The lowest BCUT2D eigenvalue weighted by atomic mass is 9.96. The zero-order chi connectivity index (χ0) is 18.3. The highest BCUT2D eigenvalue weighted by Gasteiger charge is 2.56. The van der Waals surface area contributed by atoms with E-state index in [0.29, 0.717) is 30.4 Å². The smallest absolute Gasteiger partial charge is 0.325 e. The maximum atomic E-state index is 12.6. The molecule has 4 rings (SSSR count). The Bertz CT molecular complexity index is 776. The average Bonchev–Trinajstić information content (AvgIpc) is 3.43. The van der Waals surface area contributed by atoms with E-state index in [9.17, 15) is 14.4 Å². The Balaban J connectivity index is 1.42. The summed E-state index contributed by atoms with van der Waals surface area (Å²) < 4.78 is 11.1. The molecule has 0 unspecified atom stereocenters. The SMILES string of the molecule is C[C@]1(C2CC2)NC(=O)N(CC(=O)Nc2ccc3c(c2)OCCCO3)C1=O. The minimum atomic E-state index is -0.882. The van der Waals surface area contributed by atoms with Crippen LogP contribution < -0.4 is 20.1 Å². The van der Waals surface area contributed by atoms with Crippen molar-refractivity contribution >= 4 is 23.5 Å². The molecule has 26 heavy (non-hydrogen) atoms. The average molecular weight is 359 g/mol.